The predicted octanol–water partition coefficient (Wildman–Crippen LogP) is 1.88. The van der Waals surface area contributed by atoms with E-state index in [1.807, 2.05) is 26.8 Å². The number of amides is 1. The molecule has 1 aliphatic rings. The van der Waals surface area contributed by atoms with Gasteiger partial charge in [-0.15, -0.1) is 0 Å². The van der Waals surface area contributed by atoms with Crippen LogP contribution in [0.25, 0.3) is 0 Å². The van der Waals surface area contributed by atoms with Crippen LogP contribution in [0.15, 0.2) is 23.6 Å². The summed E-state index contributed by atoms with van der Waals surface area (Å²) >= 11 is 0. The van der Waals surface area contributed by atoms with Crippen LogP contribution in [-0.2, 0) is 14.3 Å². The molecule has 4 heteroatoms. The molecule has 1 rings (SSSR count). The van der Waals surface area contributed by atoms with E-state index in [1.165, 1.54) is 6.08 Å². The van der Waals surface area contributed by atoms with Gasteiger partial charge in [-0.1, -0.05) is 26.8 Å². The maximum Gasteiger partial charge on any atom is 0.311 e. The Morgan fingerprint density at radius 3 is 2.81 bits per heavy atom. The Morgan fingerprint density at radius 2 is 2.25 bits per heavy atom. The molecule has 0 atom stereocenters. The van der Waals surface area contributed by atoms with Crippen molar-refractivity contribution < 1.29 is 14.3 Å². The number of hydrogen-bond donors (Lipinski definition) is 1. The topological polar surface area (TPSA) is 55.4 Å². The summed E-state index contributed by atoms with van der Waals surface area (Å²) in [4.78, 5) is 22.5. The van der Waals surface area contributed by atoms with E-state index in [0.717, 1.165) is 6.42 Å². The Morgan fingerprint density at radius 1 is 1.56 bits per heavy atom. The Labute approximate surface area is 95.4 Å². The SMILES string of the molecule is CCCC(=O)OC1=CC(=O)NC1=CC(C)C. The molecule has 1 aliphatic heterocycles. The molecule has 16 heavy (non-hydrogen) atoms. The Balaban J connectivity index is 2.72. The van der Waals surface area contributed by atoms with Crippen LogP contribution in [0.2, 0.25) is 0 Å². The third-order valence-corrected chi connectivity index (χ3v) is 1.96. The van der Waals surface area contributed by atoms with E-state index in [2.05, 4.69) is 5.32 Å². The molecule has 0 saturated carbocycles. The van der Waals surface area contributed by atoms with E-state index in [0.29, 0.717) is 17.9 Å². The van der Waals surface area contributed by atoms with Crippen molar-refractivity contribution in [3.63, 3.8) is 0 Å². The molecule has 0 unspecified atom stereocenters. The molecule has 1 amide bonds. The Hall–Kier alpha value is -1.58. The summed E-state index contributed by atoms with van der Waals surface area (Å²) in [5, 5.41) is 2.64. The van der Waals surface area contributed by atoms with Gasteiger partial charge < -0.3 is 10.1 Å². The van der Waals surface area contributed by atoms with Gasteiger partial charge in [-0.2, -0.15) is 0 Å². The van der Waals surface area contributed by atoms with Gasteiger partial charge in [0.2, 0.25) is 0 Å². The lowest BCUT2D eigenvalue weighted by Gasteiger charge is -2.07. The lowest BCUT2D eigenvalue weighted by molar-refractivity contribution is -0.139. The molecule has 0 saturated heterocycles. The highest BCUT2D eigenvalue weighted by Gasteiger charge is 2.21. The average Bonchev–Trinajstić information content (AvgIpc) is 2.45. The molecule has 88 valence electrons. The first kappa shape index (κ1) is 12.5. The number of nitrogens with one attached hydrogen (secondary N) is 1. The quantitative estimate of drug-likeness (QED) is 0.740. The smallest absolute Gasteiger partial charge is 0.311 e. The lowest BCUT2D eigenvalue weighted by atomic mass is 10.2. The van der Waals surface area contributed by atoms with Crippen molar-refractivity contribution in [1.82, 2.24) is 5.32 Å². The maximum absolute atomic E-state index is 11.3. The molecule has 1 heterocycles. The number of carbonyl (C=O) groups is 2. The maximum atomic E-state index is 11.3. The minimum absolute atomic E-state index is 0.244. The molecular weight excluding hydrogens is 206 g/mol. The van der Waals surface area contributed by atoms with E-state index >= 15 is 0 Å². The van der Waals surface area contributed by atoms with E-state index in [-0.39, 0.29) is 17.8 Å². The monoisotopic (exact) mass is 223 g/mol. The molecule has 0 bridgehead atoms. The van der Waals surface area contributed by atoms with E-state index in [4.69, 9.17) is 4.74 Å². The van der Waals surface area contributed by atoms with Crippen molar-refractivity contribution >= 4 is 11.9 Å². The van der Waals surface area contributed by atoms with Crippen molar-refractivity contribution in [2.75, 3.05) is 0 Å². The highest BCUT2D eigenvalue weighted by molar-refractivity contribution is 5.94. The van der Waals surface area contributed by atoms with Gasteiger partial charge in [0.15, 0.2) is 5.76 Å². The summed E-state index contributed by atoms with van der Waals surface area (Å²) < 4.78 is 5.11. The predicted molar refractivity (Wildman–Crippen MR) is 60.1 cm³/mol. The van der Waals surface area contributed by atoms with Crippen LogP contribution in [0.4, 0.5) is 0 Å². The van der Waals surface area contributed by atoms with Gasteiger partial charge in [0, 0.05) is 12.5 Å². The zero-order valence-electron chi connectivity index (χ0n) is 9.87. The van der Waals surface area contributed by atoms with Crippen LogP contribution in [0, 0.1) is 5.92 Å². The van der Waals surface area contributed by atoms with Crippen molar-refractivity contribution in [2.45, 2.75) is 33.6 Å². The van der Waals surface area contributed by atoms with Crippen molar-refractivity contribution in [3.05, 3.63) is 23.6 Å². The highest BCUT2D eigenvalue weighted by Crippen LogP contribution is 2.17. The van der Waals surface area contributed by atoms with Crippen molar-refractivity contribution in [2.24, 2.45) is 5.92 Å². The molecule has 0 aromatic carbocycles. The number of hydrogen-bond acceptors (Lipinski definition) is 3. The largest absolute Gasteiger partial charge is 0.424 e. The molecule has 0 radical (unpaired) electrons. The van der Waals surface area contributed by atoms with Crippen LogP contribution < -0.4 is 5.32 Å². The molecule has 0 aliphatic carbocycles. The summed E-state index contributed by atoms with van der Waals surface area (Å²) in [6.07, 6.45) is 4.26. The molecule has 4 nitrogen and oxygen atoms in total. The van der Waals surface area contributed by atoms with Crippen LogP contribution in [0.1, 0.15) is 33.6 Å². The minimum atomic E-state index is -0.306. The zero-order chi connectivity index (χ0) is 12.1. The van der Waals surface area contributed by atoms with Gasteiger partial charge >= 0.3 is 5.97 Å². The number of allylic oxidation sites excluding steroid dienone is 1. The molecule has 0 aromatic rings. The van der Waals surface area contributed by atoms with Crippen LogP contribution in [0.5, 0.6) is 0 Å². The standard InChI is InChI=1S/C12H17NO3/c1-4-5-12(15)16-10-7-11(14)13-9(10)6-8(2)3/h6-8H,4-5H2,1-3H3,(H,13,14). The first-order valence-electron chi connectivity index (χ1n) is 5.48. The molecule has 0 aromatic heterocycles. The van der Waals surface area contributed by atoms with Gasteiger partial charge in [0.1, 0.15) is 0 Å². The zero-order valence-corrected chi connectivity index (χ0v) is 9.87. The number of carbonyl (C=O) groups excluding carboxylic acids is 2. The van der Waals surface area contributed by atoms with Crippen LogP contribution in [-0.4, -0.2) is 11.9 Å². The fourth-order valence-corrected chi connectivity index (χ4v) is 1.35. The number of rotatable bonds is 4. The van der Waals surface area contributed by atoms with Crippen molar-refractivity contribution in [1.29, 1.82) is 0 Å². The summed E-state index contributed by atoms with van der Waals surface area (Å²) in [6, 6.07) is 0. The Kier molecular flexibility index (Phi) is 4.28. The second-order valence-corrected chi connectivity index (χ2v) is 4.05. The molecular formula is C12H17NO3. The van der Waals surface area contributed by atoms with Gasteiger partial charge in [0.05, 0.1) is 5.70 Å². The third-order valence-electron chi connectivity index (χ3n) is 1.96. The highest BCUT2D eigenvalue weighted by atomic mass is 16.5. The second-order valence-electron chi connectivity index (χ2n) is 4.05. The van der Waals surface area contributed by atoms with Crippen LogP contribution in [0.3, 0.4) is 0 Å². The Bertz CT molecular complexity index is 353. The first-order valence-corrected chi connectivity index (χ1v) is 5.48. The van der Waals surface area contributed by atoms with E-state index in [9.17, 15) is 9.59 Å². The summed E-state index contributed by atoms with van der Waals surface area (Å²) in [6.45, 7) is 5.88. The summed E-state index contributed by atoms with van der Waals surface area (Å²) in [7, 11) is 0. The van der Waals surface area contributed by atoms with Gasteiger partial charge in [-0.3, -0.25) is 9.59 Å². The van der Waals surface area contributed by atoms with Crippen LogP contribution >= 0.6 is 0 Å². The fraction of sp³-hybridized carbons (Fsp3) is 0.500. The average molecular weight is 223 g/mol. The molecule has 1 N–H and O–H groups in total. The number of ether oxygens (including phenoxy) is 1. The number of esters is 1. The molecule has 0 fully saturated rings. The van der Waals surface area contributed by atoms with Crippen molar-refractivity contribution in [3.8, 4) is 0 Å². The summed E-state index contributed by atoms with van der Waals surface area (Å²) in [5.41, 5.74) is 0.587. The molecule has 0 spiro atoms. The van der Waals surface area contributed by atoms with E-state index in [1.54, 1.807) is 0 Å². The van der Waals surface area contributed by atoms with Gasteiger partial charge in [-0.05, 0) is 12.3 Å². The third kappa shape index (κ3) is 3.53. The normalized spacial score (nSPS) is 17.6. The minimum Gasteiger partial charge on any atom is -0.424 e. The van der Waals surface area contributed by atoms with E-state index < -0.39 is 0 Å². The fourth-order valence-electron chi connectivity index (χ4n) is 1.35. The van der Waals surface area contributed by atoms with Gasteiger partial charge in [-0.25, -0.2) is 0 Å². The summed E-state index contributed by atoms with van der Waals surface area (Å²) in [5.74, 6) is 0.0601. The first-order chi connectivity index (χ1) is 7.52. The van der Waals surface area contributed by atoms with Gasteiger partial charge in [0.25, 0.3) is 5.91 Å². The lowest BCUT2D eigenvalue weighted by Crippen LogP contribution is -2.15. The second kappa shape index (κ2) is 5.49.